The van der Waals surface area contributed by atoms with Crippen LogP contribution in [0.5, 0.6) is 0 Å². The summed E-state index contributed by atoms with van der Waals surface area (Å²) in [4.78, 5) is 3.12. The van der Waals surface area contributed by atoms with Crippen molar-refractivity contribution in [1.29, 1.82) is 0 Å². The van der Waals surface area contributed by atoms with E-state index in [4.69, 9.17) is 0 Å². The highest BCUT2D eigenvalue weighted by atomic mass is 16.0. The number of aromatic nitrogens is 2. The number of nitrogens with one attached hydrogen (secondary N) is 1. The van der Waals surface area contributed by atoms with E-state index in [1.165, 1.54) is 5.82 Å². The van der Waals surface area contributed by atoms with E-state index < -0.39 is 0 Å². The molecule has 0 fully saturated rings. The predicted molar refractivity (Wildman–Crippen MR) is 36.9 cm³/mol. The van der Waals surface area contributed by atoms with Gasteiger partial charge in [0.25, 0.3) is 5.82 Å². The Morgan fingerprint density at radius 1 is 1.60 bits per heavy atom. The molecule has 0 radical (unpaired) electrons. The number of hydrogen-bond donors (Lipinski definition) is 1. The molecule has 1 aromatic rings. The molecule has 0 bridgehead atoms. The standard InChI is InChI=1S/C6H10N2.2H2O/c1-3-6-7-4-5-8(6)2;;/h4-5H,3H2,1-2H3;2*1H2. The monoisotopic (exact) mass is 146 g/mol. The molecule has 0 atom stereocenters. The van der Waals surface area contributed by atoms with E-state index >= 15 is 0 Å². The molecule has 0 aromatic carbocycles. The SMILES string of the molecule is CCc1[nH]cc[n+]1C.O.[OH-]. The van der Waals surface area contributed by atoms with Crippen molar-refractivity contribution in [3.63, 3.8) is 0 Å². The summed E-state index contributed by atoms with van der Waals surface area (Å²) in [6, 6.07) is 0. The van der Waals surface area contributed by atoms with Gasteiger partial charge in [0.15, 0.2) is 0 Å². The van der Waals surface area contributed by atoms with Crippen molar-refractivity contribution in [3.05, 3.63) is 18.2 Å². The second kappa shape index (κ2) is 4.96. The first-order chi connectivity index (χ1) is 3.84. The minimum Gasteiger partial charge on any atom is -0.870 e. The summed E-state index contributed by atoms with van der Waals surface area (Å²) < 4.78 is 2.08. The third kappa shape index (κ3) is 2.16. The van der Waals surface area contributed by atoms with Gasteiger partial charge >= 0.3 is 0 Å². The number of aryl methyl sites for hydroxylation is 2. The summed E-state index contributed by atoms with van der Waals surface area (Å²) >= 11 is 0. The van der Waals surface area contributed by atoms with Gasteiger partial charge in [-0.3, -0.25) is 0 Å². The second-order valence-electron chi connectivity index (χ2n) is 1.87. The van der Waals surface area contributed by atoms with Crippen molar-refractivity contribution < 1.29 is 15.5 Å². The lowest BCUT2D eigenvalue weighted by Gasteiger charge is -1.83. The zero-order valence-electron chi connectivity index (χ0n) is 6.26. The van der Waals surface area contributed by atoms with Crippen molar-refractivity contribution in [2.45, 2.75) is 13.3 Å². The molecule has 4 N–H and O–H groups in total. The quantitative estimate of drug-likeness (QED) is 0.527. The van der Waals surface area contributed by atoms with Gasteiger partial charge in [-0.05, 0) is 0 Å². The van der Waals surface area contributed by atoms with Gasteiger partial charge in [-0.2, -0.15) is 0 Å². The lowest BCUT2D eigenvalue weighted by Crippen LogP contribution is -2.29. The van der Waals surface area contributed by atoms with Crippen LogP contribution in [0.15, 0.2) is 12.4 Å². The van der Waals surface area contributed by atoms with Crippen LogP contribution in [0.1, 0.15) is 12.7 Å². The van der Waals surface area contributed by atoms with E-state index in [9.17, 15) is 0 Å². The van der Waals surface area contributed by atoms with Crippen molar-refractivity contribution in [3.8, 4) is 0 Å². The maximum atomic E-state index is 3.12. The number of H-pyrrole nitrogens is 1. The third-order valence-electron chi connectivity index (χ3n) is 1.31. The van der Waals surface area contributed by atoms with Crippen LogP contribution >= 0.6 is 0 Å². The number of nitrogens with zero attached hydrogens (tertiary/aromatic N) is 1. The smallest absolute Gasteiger partial charge is 0.253 e. The molecule has 4 nitrogen and oxygen atoms in total. The van der Waals surface area contributed by atoms with E-state index in [0.29, 0.717) is 0 Å². The van der Waals surface area contributed by atoms with Crippen molar-refractivity contribution in [2.24, 2.45) is 7.05 Å². The van der Waals surface area contributed by atoms with Gasteiger partial charge in [-0.25, -0.2) is 9.55 Å². The number of imidazole rings is 1. The third-order valence-corrected chi connectivity index (χ3v) is 1.31. The maximum absolute atomic E-state index is 3.12. The molecule has 0 saturated carbocycles. The Bertz CT molecular complexity index is 174. The zero-order valence-corrected chi connectivity index (χ0v) is 6.26. The number of aromatic amines is 1. The molecule has 0 spiro atoms. The highest BCUT2D eigenvalue weighted by Gasteiger charge is 1.99. The Balaban J connectivity index is 0. The van der Waals surface area contributed by atoms with Crippen molar-refractivity contribution in [2.75, 3.05) is 0 Å². The summed E-state index contributed by atoms with van der Waals surface area (Å²) in [7, 11) is 2.04. The first-order valence-corrected chi connectivity index (χ1v) is 2.86. The van der Waals surface area contributed by atoms with Crippen molar-refractivity contribution in [1.82, 2.24) is 4.98 Å². The molecule has 0 unspecified atom stereocenters. The van der Waals surface area contributed by atoms with Crippen LogP contribution in [0.4, 0.5) is 0 Å². The summed E-state index contributed by atoms with van der Waals surface area (Å²) in [6.45, 7) is 2.13. The molecule has 4 heteroatoms. The normalized spacial score (nSPS) is 7.80. The van der Waals surface area contributed by atoms with Crippen LogP contribution in [-0.4, -0.2) is 15.9 Å². The molecule has 10 heavy (non-hydrogen) atoms. The summed E-state index contributed by atoms with van der Waals surface area (Å²) in [6.07, 6.45) is 5.03. The van der Waals surface area contributed by atoms with E-state index in [1.807, 2.05) is 19.4 Å². The highest BCUT2D eigenvalue weighted by molar-refractivity contribution is 4.74. The summed E-state index contributed by atoms with van der Waals surface area (Å²) in [5, 5.41) is 0. The fourth-order valence-corrected chi connectivity index (χ4v) is 0.789. The predicted octanol–water partition coefficient (Wildman–Crippen LogP) is -0.600. The van der Waals surface area contributed by atoms with E-state index in [-0.39, 0.29) is 11.0 Å². The minimum absolute atomic E-state index is 0. The van der Waals surface area contributed by atoms with Crippen LogP contribution in [0.25, 0.3) is 0 Å². The van der Waals surface area contributed by atoms with Gasteiger partial charge in [-0.15, -0.1) is 0 Å². The molecule has 0 amide bonds. The van der Waals surface area contributed by atoms with Crippen molar-refractivity contribution >= 4 is 0 Å². The highest BCUT2D eigenvalue weighted by Crippen LogP contribution is 1.82. The molecular weight excluding hydrogens is 132 g/mol. The first kappa shape index (κ1) is 11.9. The number of hydrogen-bond acceptors (Lipinski definition) is 1. The molecule has 60 valence electrons. The maximum Gasteiger partial charge on any atom is 0.253 e. The van der Waals surface area contributed by atoms with Gasteiger partial charge in [-0.1, -0.05) is 6.92 Å². The Morgan fingerprint density at radius 2 is 2.20 bits per heavy atom. The van der Waals surface area contributed by atoms with Gasteiger partial charge in [0.05, 0.1) is 7.05 Å². The lowest BCUT2D eigenvalue weighted by molar-refractivity contribution is -0.677. The van der Waals surface area contributed by atoms with E-state index in [2.05, 4.69) is 16.5 Å². The fourth-order valence-electron chi connectivity index (χ4n) is 0.789. The average molecular weight is 146 g/mol. The molecular formula is C6H14N2O2. The molecule has 1 heterocycles. The van der Waals surface area contributed by atoms with Crippen LogP contribution in [0, 0.1) is 0 Å². The Morgan fingerprint density at radius 3 is 2.40 bits per heavy atom. The second-order valence-corrected chi connectivity index (χ2v) is 1.87. The molecule has 0 aliphatic heterocycles. The summed E-state index contributed by atoms with van der Waals surface area (Å²) in [5.41, 5.74) is 0. The lowest BCUT2D eigenvalue weighted by atomic mass is 10.5. The number of rotatable bonds is 1. The van der Waals surface area contributed by atoms with E-state index in [0.717, 1.165) is 6.42 Å². The first-order valence-electron chi connectivity index (χ1n) is 2.86. The van der Waals surface area contributed by atoms with Crippen LogP contribution in [-0.2, 0) is 13.5 Å². The molecule has 1 aromatic heterocycles. The molecule has 0 saturated heterocycles. The largest absolute Gasteiger partial charge is 0.870 e. The minimum atomic E-state index is 0. The molecule has 0 aliphatic rings. The zero-order chi connectivity index (χ0) is 5.98. The van der Waals surface area contributed by atoms with Gasteiger partial charge in [0.1, 0.15) is 12.4 Å². The van der Waals surface area contributed by atoms with Gasteiger partial charge < -0.3 is 11.0 Å². The molecule has 1 rings (SSSR count). The van der Waals surface area contributed by atoms with Crippen LogP contribution in [0.3, 0.4) is 0 Å². The molecule has 0 aliphatic carbocycles. The Labute approximate surface area is 60.1 Å². The summed E-state index contributed by atoms with van der Waals surface area (Å²) in [5.74, 6) is 1.27. The van der Waals surface area contributed by atoms with Crippen LogP contribution < -0.4 is 4.57 Å². The average Bonchev–Trinajstić information content (AvgIpc) is 2.14. The Hall–Kier alpha value is -0.870. The van der Waals surface area contributed by atoms with Crippen LogP contribution in [0.2, 0.25) is 0 Å². The Kier molecular flexibility index (Phi) is 5.89. The van der Waals surface area contributed by atoms with Gasteiger partial charge in [0, 0.05) is 6.42 Å². The fraction of sp³-hybridized carbons (Fsp3) is 0.500. The van der Waals surface area contributed by atoms with Gasteiger partial charge in [0.2, 0.25) is 0 Å². The topological polar surface area (TPSA) is 81.2 Å². The van der Waals surface area contributed by atoms with E-state index in [1.54, 1.807) is 0 Å².